The van der Waals surface area contributed by atoms with Crippen molar-refractivity contribution < 1.29 is 18.3 Å². The molecule has 192 valence electrons. The quantitative estimate of drug-likeness (QED) is 0.415. The molecule has 3 aliphatic rings. The zero-order valence-corrected chi connectivity index (χ0v) is 21.2. The second kappa shape index (κ2) is 10.6. The molecule has 1 aromatic rings. The lowest BCUT2D eigenvalue weighted by atomic mass is 9.83. The first-order chi connectivity index (χ1) is 16.8. The predicted octanol–water partition coefficient (Wildman–Crippen LogP) is 2.23. The Kier molecular flexibility index (Phi) is 7.77. The van der Waals surface area contributed by atoms with Gasteiger partial charge in [-0.3, -0.25) is 4.79 Å². The van der Waals surface area contributed by atoms with E-state index in [0.717, 1.165) is 32.1 Å². The first-order valence-electron chi connectivity index (χ1n) is 12.3. The minimum Gasteiger partial charge on any atom is -0.500 e. The molecule has 1 saturated heterocycles. The SMILES string of the molecule is CNc1nc(C2=C(OC)CC(S(=O)(=O)N3CCC(O)CC3)C=C2)[nH]c(=O)c1C(=N)C1CCCCC1. The van der Waals surface area contributed by atoms with E-state index in [4.69, 9.17) is 10.1 Å². The van der Waals surface area contributed by atoms with E-state index in [-0.39, 0.29) is 23.7 Å². The van der Waals surface area contributed by atoms with Crippen LogP contribution in [0.15, 0.2) is 22.7 Å². The van der Waals surface area contributed by atoms with Gasteiger partial charge in [0.2, 0.25) is 10.0 Å². The standard InChI is InChI=1S/C24H35N5O5S/c1-26-23-20(21(25)15-6-4-3-5-7-15)24(31)28-22(27-23)18-9-8-17(14-19(18)34-2)35(32,33)29-12-10-16(30)11-13-29/h8-9,15-17,25,30H,3-7,10-14H2,1-2H3,(H2,26,27,28,31). The van der Waals surface area contributed by atoms with Crippen molar-refractivity contribution in [1.82, 2.24) is 14.3 Å². The molecule has 2 heterocycles. The van der Waals surface area contributed by atoms with Gasteiger partial charge in [-0.05, 0) is 25.7 Å². The summed E-state index contributed by atoms with van der Waals surface area (Å²) < 4.78 is 33.4. The van der Waals surface area contributed by atoms with Crippen LogP contribution in [-0.4, -0.2) is 72.1 Å². The number of hydrogen-bond acceptors (Lipinski definition) is 8. The lowest BCUT2D eigenvalue weighted by molar-refractivity contribution is 0.112. The van der Waals surface area contributed by atoms with E-state index in [2.05, 4.69) is 15.3 Å². The van der Waals surface area contributed by atoms with Gasteiger partial charge in [-0.1, -0.05) is 31.4 Å². The molecule has 0 radical (unpaired) electrons. The van der Waals surface area contributed by atoms with Crippen LogP contribution < -0.4 is 10.9 Å². The molecule has 35 heavy (non-hydrogen) atoms. The predicted molar refractivity (Wildman–Crippen MR) is 135 cm³/mol. The maximum atomic E-state index is 13.2. The average Bonchev–Trinajstić information content (AvgIpc) is 2.88. The molecule has 2 aliphatic carbocycles. The maximum absolute atomic E-state index is 13.2. The number of aromatic nitrogens is 2. The van der Waals surface area contributed by atoms with Crippen LogP contribution in [0.5, 0.6) is 0 Å². The summed E-state index contributed by atoms with van der Waals surface area (Å²) in [4.78, 5) is 20.5. The number of ether oxygens (including phenoxy) is 1. The molecule has 2 fully saturated rings. The summed E-state index contributed by atoms with van der Waals surface area (Å²) in [6.45, 7) is 0.586. The number of aliphatic hydroxyl groups is 1. The maximum Gasteiger partial charge on any atom is 0.262 e. The Morgan fingerprint density at radius 1 is 1.23 bits per heavy atom. The highest BCUT2D eigenvalue weighted by Crippen LogP contribution is 2.32. The molecular weight excluding hydrogens is 470 g/mol. The van der Waals surface area contributed by atoms with E-state index in [1.807, 2.05) is 0 Å². The van der Waals surface area contributed by atoms with Gasteiger partial charge in [0.1, 0.15) is 28.2 Å². The first kappa shape index (κ1) is 25.6. The molecule has 0 bridgehead atoms. The van der Waals surface area contributed by atoms with Gasteiger partial charge in [0.15, 0.2) is 0 Å². The van der Waals surface area contributed by atoms with Crippen LogP contribution in [0.3, 0.4) is 0 Å². The van der Waals surface area contributed by atoms with E-state index in [1.165, 1.54) is 11.4 Å². The molecule has 10 nitrogen and oxygen atoms in total. The summed E-state index contributed by atoms with van der Waals surface area (Å²) in [6.07, 6.45) is 8.81. The summed E-state index contributed by atoms with van der Waals surface area (Å²) in [6, 6.07) is 0. The lowest BCUT2D eigenvalue weighted by Gasteiger charge is -2.32. The molecule has 4 rings (SSSR count). The van der Waals surface area contributed by atoms with Crippen molar-refractivity contribution in [2.75, 3.05) is 32.6 Å². The number of anilines is 1. The summed E-state index contributed by atoms with van der Waals surface area (Å²) in [5, 5.41) is 20.6. The normalized spacial score (nSPS) is 22.9. The third kappa shape index (κ3) is 5.22. The highest BCUT2D eigenvalue weighted by molar-refractivity contribution is 7.89. The summed E-state index contributed by atoms with van der Waals surface area (Å²) in [7, 11) is -0.478. The molecule has 0 aromatic carbocycles. The first-order valence-corrected chi connectivity index (χ1v) is 13.8. The molecule has 0 spiro atoms. The highest BCUT2D eigenvalue weighted by Gasteiger charge is 2.36. The van der Waals surface area contributed by atoms with Crippen LogP contribution in [0.1, 0.15) is 62.8 Å². The number of nitrogens with one attached hydrogen (secondary N) is 3. The second-order valence-corrected chi connectivity index (χ2v) is 11.6. The number of allylic oxidation sites excluding steroid dienone is 3. The van der Waals surface area contributed by atoms with Crippen LogP contribution in [0.2, 0.25) is 0 Å². The van der Waals surface area contributed by atoms with Crippen molar-refractivity contribution in [2.45, 2.75) is 62.7 Å². The third-order valence-corrected chi connectivity index (χ3v) is 9.44. The number of piperidine rings is 1. The summed E-state index contributed by atoms with van der Waals surface area (Å²) >= 11 is 0. The number of rotatable bonds is 7. The fraction of sp³-hybridized carbons (Fsp3) is 0.625. The number of nitrogens with zero attached hydrogens (tertiary/aromatic N) is 2. The second-order valence-electron chi connectivity index (χ2n) is 9.45. The molecule has 11 heteroatoms. The Morgan fingerprint density at radius 2 is 1.91 bits per heavy atom. The van der Waals surface area contributed by atoms with Crippen LogP contribution in [-0.2, 0) is 14.8 Å². The number of sulfonamides is 1. The Hall–Kier alpha value is -2.50. The van der Waals surface area contributed by atoms with Crippen LogP contribution >= 0.6 is 0 Å². The molecule has 1 atom stereocenters. The van der Waals surface area contributed by atoms with E-state index in [1.54, 1.807) is 19.2 Å². The number of methoxy groups -OCH3 is 1. The molecule has 1 saturated carbocycles. The Labute approximate surface area is 206 Å². The van der Waals surface area contributed by atoms with E-state index < -0.39 is 26.9 Å². The summed E-state index contributed by atoms with van der Waals surface area (Å²) in [5.74, 6) is 1.06. The number of aromatic amines is 1. The third-order valence-electron chi connectivity index (χ3n) is 7.27. The fourth-order valence-corrected chi connectivity index (χ4v) is 6.92. The zero-order valence-electron chi connectivity index (χ0n) is 20.3. The minimum atomic E-state index is -3.62. The Balaban J connectivity index is 1.61. The van der Waals surface area contributed by atoms with E-state index in [9.17, 15) is 18.3 Å². The van der Waals surface area contributed by atoms with Crippen LogP contribution in [0, 0.1) is 11.3 Å². The van der Waals surface area contributed by atoms with Gasteiger partial charge in [0, 0.05) is 32.5 Å². The van der Waals surface area contributed by atoms with Crippen molar-refractivity contribution in [1.29, 1.82) is 5.41 Å². The number of aliphatic hydroxyl groups excluding tert-OH is 1. The molecule has 1 aliphatic heterocycles. The van der Waals surface area contributed by atoms with Crippen molar-refractivity contribution in [3.8, 4) is 0 Å². The topological polar surface area (TPSA) is 148 Å². The van der Waals surface area contributed by atoms with Gasteiger partial charge in [-0.15, -0.1) is 0 Å². The zero-order chi connectivity index (χ0) is 25.2. The van der Waals surface area contributed by atoms with E-state index in [0.29, 0.717) is 48.8 Å². The van der Waals surface area contributed by atoms with Gasteiger partial charge in [-0.25, -0.2) is 17.7 Å². The summed E-state index contributed by atoms with van der Waals surface area (Å²) in [5.41, 5.74) is 0.688. The molecule has 1 unspecified atom stereocenters. The average molecular weight is 506 g/mol. The van der Waals surface area contributed by atoms with Crippen molar-refractivity contribution in [2.24, 2.45) is 5.92 Å². The fourth-order valence-electron chi connectivity index (χ4n) is 5.18. The molecular formula is C24H35N5O5S. The minimum absolute atomic E-state index is 0.0507. The van der Waals surface area contributed by atoms with Crippen LogP contribution in [0.4, 0.5) is 5.82 Å². The lowest BCUT2D eigenvalue weighted by Crippen LogP contribution is -2.44. The van der Waals surface area contributed by atoms with Crippen molar-refractivity contribution in [3.05, 3.63) is 39.7 Å². The van der Waals surface area contributed by atoms with Gasteiger partial charge >= 0.3 is 0 Å². The highest BCUT2D eigenvalue weighted by atomic mass is 32.2. The van der Waals surface area contributed by atoms with E-state index >= 15 is 0 Å². The smallest absolute Gasteiger partial charge is 0.262 e. The molecule has 4 N–H and O–H groups in total. The van der Waals surface area contributed by atoms with Gasteiger partial charge in [-0.2, -0.15) is 0 Å². The van der Waals surface area contributed by atoms with Crippen LogP contribution in [0.25, 0.3) is 5.57 Å². The van der Waals surface area contributed by atoms with Crippen molar-refractivity contribution >= 4 is 27.1 Å². The van der Waals surface area contributed by atoms with Crippen molar-refractivity contribution in [3.63, 3.8) is 0 Å². The monoisotopic (exact) mass is 505 g/mol. The van der Waals surface area contributed by atoms with Gasteiger partial charge < -0.3 is 25.6 Å². The van der Waals surface area contributed by atoms with Gasteiger partial charge in [0.25, 0.3) is 5.56 Å². The number of H-pyrrole nitrogens is 1. The molecule has 1 aromatic heterocycles. The Morgan fingerprint density at radius 3 is 2.54 bits per heavy atom. The largest absolute Gasteiger partial charge is 0.500 e. The van der Waals surface area contributed by atoms with Gasteiger partial charge in [0.05, 0.1) is 24.5 Å². The number of hydrogen-bond donors (Lipinski definition) is 4. The molecule has 0 amide bonds. The Bertz CT molecular complexity index is 1180.